The molecule has 5 heteroatoms. The van der Waals surface area contributed by atoms with E-state index in [1.807, 2.05) is 61.5 Å². The molecule has 0 unspecified atom stereocenters. The number of nitrogens with zero attached hydrogens (tertiary/aromatic N) is 1. The summed E-state index contributed by atoms with van der Waals surface area (Å²) in [7, 11) is 0. The van der Waals surface area contributed by atoms with Crippen LogP contribution < -0.4 is 5.32 Å². The Hall–Kier alpha value is -2.92. The van der Waals surface area contributed by atoms with Crippen molar-refractivity contribution in [3.8, 4) is 0 Å². The molecule has 0 heterocycles. The second-order valence-electron chi connectivity index (χ2n) is 10.6. The summed E-state index contributed by atoms with van der Waals surface area (Å²) in [5.74, 6) is -0.124. The van der Waals surface area contributed by atoms with Crippen molar-refractivity contribution in [1.29, 1.82) is 0 Å². The molecule has 196 valence electrons. The van der Waals surface area contributed by atoms with Crippen molar-refractivity contribution >= 4 is 27.7 Å². The minimum Gasteiger partial charge on any atom is -0.354 e. The number of aryl methyl sites for hydroxylation is 1. The largest absolute Gasteiger partial charge is 0.354 e. The zero-order valence-corrected chi connectivity index (χ0v) is 24.1. The maximum Gasteiger partial charge on any atom is 0.243 e. The van der Waals surface area contributed by atoms with Gasteiger partial charge in [-0.25, -0.2) is 0 Å². The molecule has 1 atom stereocenters. The van der Waals surface area contributed by atoms with Crippen LogP contribution in [-0.4, -0.2) is 29.3 Å². The predicted octanol–water partition coefficient (Wildman–Crippen LogP) is 6.85. The third-order valence-corrected chi connectivity index (χ3v) is 7.06. The Kier molecular flexibility index (Phi) is 10.5. The normalized spacial score (nSPS) is 12.1. The molecule has 0 radical (unpaired) electrons. The maximum atomic E-state index is 13.8. The van der Waals surface area contributed by atoms with Gasteiger partial charge >= 0.3 is 0 Å². The molecule has 0 aromatic heterocycles. The van der Waals surface area contributed by atoms with Gasteiger partial charge in [0.1, 0.15) is 6.04 Å². The van der Waals surface area contributed by atoms with E-state index < -0.39 is 6.04 Å². The van der Waals surface area contributed by atoms with Gasteiger partial charge in [-0.15, -0.1) is 0 Å². The van der Waals surface area contributed by atoms with Gasteiger partial charge in [-0.1, -0.05) is 110 Å². The van der Waals surface area contributed by atoms with Gasteiger partial charge in [0.05, 0.1) is 0 Å². The summed E-state index contributed by atoms with van der Waals surface area (Å²) in [4.78, 5) is 28.9. The fraction of sp³-hybridized carbons (Fsp3) is 0.375. The van der Waals surface area contributed by atoms with Crippen LogP contribution in [0.4, 0.5) is 0 Å². The van der Waals surface area contributed by atoms with E-state index in [2.05, 4.69) is 66.3 Å². The first-order valence-electron chi connectivity index (χ1n) is 13.1. The number of nitrogens with one attached hydrogen (secondary N) is 1. The summed E-state index contributed by atoms with van der Waals surface area (Å²) in [6.07, 6.45) is 2.29. The molecule has 0 spiro atoms. The van der Waals surface area contributed by atoms with Crippen LogP contribution in [0.5, 0.6) is 0 Å². The lowest BCUT2D eigenvalue weighted by Crippen LogP contribution is -2.50. The summed E-state index contributed by atoms with van der Waals surface area (Å²) in [5, 5.41) is 3.04. The zero-order chi connectivity index (χ0) is 26.8. The molecular weight excluding hydrogens is 524 g/mol. The number of amides is 2. The van der Waals surface area contributed by atoms with Crippen molar-refractivity contribution in [2.45, 2.75) is 71.4 Å². The Bertz CT molecular complexity index is 1140. The lowest BCUT2D eigenvalue weighted by molar-refractivity contribution is -0.141. The average Bonchev–Trinajstić information content (AvgIpc) is 2.89. The highest BCUT2D eigenvalue weighted by molar-refractivity contribution is 9.10. The zero-order valence-electron chi connectivity index (χ0n) is 22.5. The number of carbonyl (C=O) groups excluding carboxylic acids is 2. The quantitative estimate of drug-likeness (QED) is 0.278. The molecule has 0 aliphatic heterocycles. The Morgan fingerprint density at radius 1 is 0.865 bits per heavy atom. The number of hydrogen-bond donors (Lipinski definition) is 1. The molecule has 4 nitrogen and oxygen atoms in total. The fourth-order valence-corrected chi connectivity index (χ4v) is 4.54. The number of halogens is 1. The fourth-order valence-electron chi connectivity index (χ4n) is 4.27. The highest BCUT2D eigenvalue weighted by Gasteiger charge is 2.30. The first-order chi connectivity index (χ1) is 17.7. The maximum absolute atomic E-state index is 13.8. The van der Waals surface area contributed by atoms with Crippen molar-refractivity contribution in [1.82, 2.24) is 10.2 Å². The summed E-state index contributed by atoms with van der Waals surface area (Å²) >= 11 is 3.49. The molecule has 3 aromatic rings. The molecule has 0 aliphatic carbocycles. The highest BCUT2D eigenvalue weighted by Crippen LogP contribution is 2.23. The lowest BCUT2D eigenvalue weighted by atomic mass is 9.86. The van der Waals surface area contributed by atoms with Crippen molar-refractivity contribution < 1.29 is 9.59 Å². The van der Waals surface area contributed by atoms with Crippen molar-refractivity contribution in [3.63, 3.8) is 0 Å². The first-order valence-corrected chi connectivity index (χ1v) is 13.9. The molecule has 2 amide bonds. The van der Waals surface area contributed by atoms with Crippen LogP contribution in [0, 0.1) is 0 Å². The van der Waals surface area contributed by atoms with Crippen LogP contribution in [0.3, 0.4) is 0 Å². The van der Waals surface area contributed by atoms with Gasteiger partial charge < -0.3 is 10.2 Å². The van der Waals surface area contributed by atoms with E-state index in [1.165, 1.54) is 5.56 Å². The van der Waals surface area contributed by atoms with E-state index >= 15 is 0 Å². The standard InChI is InChI=1S/C32H39BrN2O2/c1-5-21-34-31(37)29(22-25-9-7-6-8-10-25)35(23-26-13-18-28(33)19-14-26)30(36)20-15-24-11-16-27(17-12-24)32(2,3)4/h6-14,16-19,29H,5,15,20-23H2,1-4H3,(H,34,37)/t29-/m1/s1. The molecule has 0 aliphatic rings. The van der Waals surface area contributed by atoms with Crippen LogP contribution in [-0.2, 0) is 34.4 Å². The van der Waals surface area contributed by atoms with Gasteiger partial charge in [0.25, 0.3) is 0 Å². The van der Waals surface area contributed by atoms with E-state index in [4.69, 9.17) is 0 Å². The average molecular weight is 564 g/mol. The second kappa shape index (κ2) is 13.6. The monoisotopic (exact) mass is 562 g/mol. The molecule has 0 saturated heterocycles. The molecule has 1 N–H and O–H groups in total. The molecular formula is C32H39BrN2O2. The molecule has 0 saturated carbocycles. The Labute approximate surface area is 230 Å². The van der Waals surface area contributed by atoms with E-state index in [0.717, 1.165) is 27.6 Å². The van der Waals surface area contributed by atoms with E-state index in [0.29, 0.717) is 32.4 Å². The number of hydrogen-bond acceptors (Lipinski definition) is 2. The number of benzene rings is 3. The van der Waals surface area contributed by atoms with Gasteiger partial charge in [0, 0.05) is 30.4 Å². The molecule has 3 aromatic carbocycles. The first kappa shape index (κ1) is 28.6. The van der Waals surface area contributed by atoms with Gasteiger partial charge in [-0.05, 0) is 52.6 Å². The second-order valence-corrected chi connectivity index (χ2v) is 11.5. The van der Waals surface area contributed by atoms with Gasteiger partial charge in [0.15, 0.2) is 0 Å². The number of carbonyl (C=O) groups is 2. The Morgan fingerprint density at radius 3 is 2.08 bits per heavy atom. The minimum absolute atomic E-state index is 0.0182. The van der Waals surface area contributed by atoms with E-state index in [-0.39, 0.29) is 17.2 Å². The Balaban J connectivity index is 1.85. The van der Waals surface area contributed by atoms with Crippen molar-refractivity contribution in [3.05, 3.63) is 106 Å². The Morgan fingerprint density at radius 2 is 1.49 bits per heavy atom. The molecule has 0 bridgehead atoms. The summed E-state index contributed by atoms with van der Waals surface area (Å²) in [6.45, 7) is 9.59. The highest BCUT2D eigenvalue weighted by atomic mass is 79.9. The topological polar surface area (TPSA) is 49.4 Å². The van der Waals surface area contributed by atoms with Crippen LogP contribution >= 0.6 is 15.9 Å². The molecule has 37 heavy (non-hydrogen) atoms. The predicted molar refractivity (Wildman–Crippen MR) is 155 cm³/mol. The van der Waals surface area contributed by atoms with Crippen LogP contribution in [0.1, 0.15) is 62.8 Å². The van der Waals surface area contributed by atoms with E-state index in [9.17, 15) is 9.59 Å². The lowest BCUT2D eigenvalue weighted by Gasteiger charge is -2.31. The van der Waals surface area contributed by atoms with Gasteiger partial charge in [-0.2, -0.15) is 0 Å². The van der Waals surface area contributed by atoms with Gasteiger partial charge in [-0.3, -0.25) is 9.59 Å². The van der Waals surface area contributed by atoms with Crippen molar-refractivity contribution in [2.75, 3.05) is 6.54 Å². The number of rotatable bonds is 11. The van der Waals surface area contributed by atoms with Crippen LogP contribution in [0.2, 0.25) is 0 Å². The summed E-state index contributed by atoms with van der Waals surface area (Å²) in [6, 6.07) is 25.8. The summed E-state index contributed by atoms with van der Waals surface area (Å²) < 4.78 is 0.981. The summed E-state index contributed by atoms with van der Waals surface area (Å²) in [5.41, 5.74) is 4.51. The third kappa shape index (κ3) is 8.85. The van der Waals surface area contributed by atoms with Gasteiger partial charge in [0.2, 0.25) is 11.8 Å². The smallest absolute Gasteiger partial charge is 0.243 e. The molecule has 0 fully saturated rings. The molecule has 3 rings (SSSR count). The van der Waals surface area contributed by atoms with Crippen LogP contribution in [0.15, 0.2) is 83.3 Å². The van der Waals surface area contributed by atoms with Crippen molar-refractivity contribution in [2.24, 2.45) is 0 Å². The van der Waals surface area contributed by atoms with Crippen LogP contribution in [0.25, 0.3) is 0 Å². The van der Waals surface area contributed by atoms with E-state index in [1.54, 1.807) is 4.90 Å². The minimum atomic E-state index is -0.589. The third-order valence-electron chi connectivity index (χ3n) is 6.53. The SMILES string of the molecule is CCCNC(=O)[C@@H](Cc1ccccc1)N(Cc1ccc(Br)cc1)C(=O)CCc1ccc(C(C)(C)C)cc1.